The fourth-order valence-electron chi connectivity index (χ4n) is 1.90. The van der Waals surface area contributed by atoms with Gasteiger partial charge < -0.3 is 14.8 Å². The minimum Gasteiger partial charge on any atom is -0.465 e. The molecule has 1 rings (SSSR count). The van der Waals surface area contributed by atoms with Crippen LogP contribution < -0.4 is 5.32 Å². The van der Waals surface area contributed by atoms with Crippen LogP contribution in [0.5, 0.6) is 0 Å². The zero-order chi connectivity index (χ0) is 14.1. The Morgan fingerprint density at radius 1 is 1.44 bits per heavy atom. The normalized spacial score (nSPS) is 27.1. The lowest BCUT2D eigenvalue weighted by atomic mass is 9.80. The van der Waals surface area contributed by atoms with E-state index < -0.39 is 15.6 Å². The van der Waals surface area contributed by atoms with E-state index in [4.69, 9.17) is 9.47 Å². The van der Waals surface area contributed by atoms with Crippen LogP contribution in [0.25, 0.3) is 0 Å². The van der Waals surface area contributed by atoms with Gasteiger partial charge in [0.05, 0.1) is 12.6 Å². The van der Waals surface area contributed by atoms with Crippen LogP contribution >= 0.6 is 22.6 Å². The Hall–Kier alpha value is -0.530. The fourth-order valence-corrected chi connectivity index (χ4v) is 2.55. The lowest BCUT2D eigenvalue weighted by molar-refractivity contribution is -0.147. The Bertz CT molecular complexity index is 348. The summed E-state index contributed by atoms with van der Waals surface area (Å²) in [7, 11) is 0. The maximum Gasteiger partial charge on any atom is 0.407 e. The number of ether oxygens (including phenoxy) is 2. The van der Waals surface area contributed by atoms with Crippen molar-refractivity contribution in [1.29, 1.82) is 0 Å². The van der Waals surface area contributed by atoms with Crippen molar-refractivity contribution in [2.75, 3.05) is 6.61 Å². The molecule has 3 atom stereocenters. The van der Waals surface area contributed by atoms with Crippen LogP contribution in [-0.4, -0.2) is 34.2 Å². The maximum absolute atomic E-state index is 12.0. The molecule has 0 aromatic carbocycles. The van der Waals surface area contributed by atoms with E-state index in [0.29, 0.717) is 6.61 Å². The number of carbonyl (C=O) groups is 2. The van der Waals surface area contributed by atoms with Gasteiger partial charge in [0, 0.05) is 0 Å². The summed E-state index contributed by atoms with van der Waals surface area (Å²) >= 11 is 2.00. The monoisotopic (exact) mass is 369 g/mol. The second kappa shape index (κ2) is 5.22. The topological polar surface area (TPSA) is 64.6 Å². The number of hydrogen-bond acceptors (Lipinski definition) is 4. The first-order valence-corrected chi connectivity index (χ1v) is 7.02. The van der Waals surface area contributed by atoms with Crippen molar-refractivity contribution in [3.05, 3.63) is 0 Å². The number of nitrogens with one attached hydrogen (secondary N) is 1. The van der Waals surface area contributed by atoms with E-state index in [9.17, 15) is 9.59 Å². The van der Waals surface area contributed by atoms with Crippen LogP contribution in [0.4, 0.5) is 4.79 Å². The number of halogens is 1. The summed E-state index contributed by atoms with van der Waals surface area (Å²) in [6.45, 7) is 9.79. The smallest absolute Gasteiger partial charge is 0.407 e. The number of carbonyl (C=O) groups excluding carboxylic acids is 2. The summed E-state index contributed by atoms with van der Waals surface area (Å²) in [6.07, 6.45) is -1.02. The van der Waals surface area contributed by atoms with Crippen LogP contribution in [0.3, 0.4) is 0 Å². The van der Waals surface area contributed by atoms with Gasteiger partial charge in [-0.1, -0.05) is 43.4 Å². The molecule has 1 heterocycles. The van der Waals surface area contributed by atoms with E-state index in [1.54, 1.807) is 13.8 Å². The van der Waals surface area contributed by atoms with Gasteiger partial charge in [-0.15, -0.1) is 0 Å². The summed E-state index contributed by atoms with van der Waals surface area (Å²) in [5.74, 6) is -0.360. The fraction of sp³-hybridized carbons (Fsp3) is 0.833. The molecule has 1 fully saturated rings. The molecule has 1 aliphatic rings. The summed E-state index contributed by atoms with van der Waals surface area (Å²) in [6, 6.07) is -0.226. The number of rotatable bonds is 3. The minimum absolute atomic E-state index is 0.199. The molecule has 0 saturated carbocycles. The lowest BCUT2D eigenvalue weighted by Crippen LogP contribution is -2.53. The number of alkyl carbamates (subject to hydrolysis) is 1. The highest BCUT2D eigenvalue weighted by molar-refractivity contribution is 14.1. The summed E-state index contributed by atoms with van der Waals surface area (Å²) < 4.78 is 9.43. The predicted molar refractivity (Wildman–Crippen MR) is 75.7 cm³/mol. The van der Waals surface area contributed by atoms with E-state index in [-0.39, 0.29) is 17.4 Å². The third-order valence-corrected chi connectivity index (χ3v) is 4.01. The van der Waals surface area contributed by atoms with Gasteiger partial charge in [-0.05, 0) is 19.3 Å². The first kappa shape index (κ1) is 15.5. The molecule has 5 nitrogen and oxygen atoms in total. The summed E-state index contributed by atoms with van der Waals surface area (Å²) in [4.78, 5) is 23.4. The van der Waals surface area contributed by atoms with Gasteiger partial charge in [-0.2, -0.15) is 0 Å². The molecule has 1 saturated heterocycles. The molecule has 0 radical (unpaired) electrons. The van der Waals surface area contributed by atoms with Crippen molar-refractivity contribution in [3.63, 3.8) is 0 Å². The Morgan fingerprint density at radius 2 is 2.00 bits per heavy atom. The van der Waals surface area contributed by atoms with Crippen LogP contribution in [0.2, 0.25) is 0 Å². The van der Waals surface area contributed by atoms with Crippen molar-refractivity contribution in [2.24, 2.45) is 5.41 Å². The number of cyclic esters (lactones) is 1. The zero-order valence-corrected chi connectivity index (χ0v) is 13.5. The largest absolute Gasteiger partial charge is 0.465 e. The predicted octanol–water partition coefficient (Wildman–Crippen LogP) is 2.27. The van der Waals surface area contributed by atoms with Gasteiger partial charge in [0.25, 0.3) is 0 Å². The molecule has 0 aromatic rings. The molecule has 0 aromatic heterocycles. The third-order valence-electron chi connectivity index (χ3n) is 2.95. The number of hydrogen-bond donors (Lipinski definition) is 1. The van der Waals surface area contributed by atoms with E-state index in [2.05, 4.69) is 5.32 Å². The van der Waals surface area contributed by atoms with Crippen molar-refractivity contribution >= 4 is 34.7 Å². The van der Waals surface area contributed by atoms with Gasteiger partial charge in [0.2, 0.25) is 0 Å². The second-order valence-corrected chi connectivity index (χ2v) is 7.85. The average Bonchev–Trinajstić information content (AvgIpc) is 2.60. The Balaban J connectivity index is 2.98. The van der Waals surface area contributed by atoms with E-state index in [0.717, 1.165) is 0 Å². The molecule has 0 aliphatic carbocycles. The summed E-state index contributed by atoms with van der Waals surface area (Å²) in [5, 5.41) is 2.77. The van der Waals surface area contributed by atoms with Gasteiger partial charge >= 0.3 is 12.1 Å². The molecule has 3 unspecified atom stereocenters. The Kier molecular flexibility index (Phi) is 4.51. The molecule has 0 bridgehead atoms. The molecule has 1 amide bonds. The number of esters is 1. The van der Waals surface area contributed by atoms with E-state index in [1.807, 2.05) is 43.4 Å². The van der Waals surface area contributed by atoms with Gasteiger partial charge in [0.1, 0.15) is 6.10 Å². The van der Waals surface area contributed by atoms with Crippen LogP contribution in [0.1, 0.15) is 34.6 Å². The second-order valence-electron chi connectivity index (χ2n) is 5.61. The SMILES string of the molecule is CCOC(=O)C(C)(I)C1OC(=O)NC1C(C)(C)C. The molecular weight excluding hydrogens is 349 g/mol. The molecule has 0 spiro atoms. The molecular formula is C12H20INO4. The van der Waals surface area contributed by atoms with Crippen molar-refractivity contribution in [3.8, 4) is 0 Å². The minimum atomic E-state index is -0.898. The average molecular weight is 369 g/mol. The van der Waals surface area contributed by atoms with Crippen molar-refractivity contribution in [2.45, 2.75) is 50.2 Å². The van der Waals surface area contributed by atoms with E-state index in [1.165, 1.54) is 0 Å². The quantitative estimate of drug-likeness (QED) is 0.471. The van der Waals surface area contributed by atoms with Gasteiger partial charge in [-0.25, -0.2) is 4.79 Å². The Morgan fingerprint density at radius 3 is 2.44 bits per heavy atom. The van der Waals surface area contributed by atoms with Crippen molar-refractivity contribution in [1.82, 2.24) is 5.32 Å². The first-order chi connectivity index (χ1) is 8.10. The first-order valence-electron chi connectivity index (χ1n) is 5.94. The van der Waals surface area contributed by atoms with Crippen LogP contribution in [-0.2, 0) is 14.3 Å². The molecule has 1 N–H and O–H groups in total. The highest BCUT2D eigenvalue weighted by atomic mass is 127. The standard InChI is InChI=1S/C12H20INO4/c1-6-17-9(15)12(5,13)8-7(11(2,3)4)14-10(16)18-8/h7-8H,6H2,1-5H3,(H,14,16). The molecule has 18 heavy (non-hydrogen) atoms. The zero-order valence-electron chi connectivity index (χ0n) is 11.4. The highest BCUT2D eigenvalue weighted by Crippen LogP contribution is 2.38. The molecule has 1 aliphatic heterocycles. The lowest BCUT2D eigenvalue weighted by Gasteiger charge is -2.35. The third kappa shape index (κ3) is 3.07. The Labute approximate surface area is 121 Å². The number of amides is 1. The van der Waals surface area contributed by atoms with Crippen molar-refractivity contribution < 1.29 is 19.1 Å². The van der Waals surface area contributed by atoms with Crippen LogP contribution in [0.15, 0.2) is 0 Å². The van der Waals surface area contributed by atoms with Gasteiger partial charge in [-0.3, -0.25) is 4.79 Å². The number of alkyl halides is 1. The summed E-state index contributed by atoms with van der Waals surface area (Å²) in [5.41, 5.74) is -0.199. The highest BCUT2D eigenvalue weighted by Gasteiger charge is 2.54. The van der Waals surface area contributed by atoms with Crippen LogP contribution in [0, 0.1) is 5.41 Å². The molecule has 104 valence electrons. The van der Waals surface area contributed by atoms with E-state index >= 15 is 0 Å². The molecule has 6 heteroatoms. The van der Waals surface area contributed by atoms with Gasteiger partial charge in [0.15, 0.2) is 3.42 Å². The maximum atomic E-state index is 12.0.